The molecule has 5 rings (SSSR count). The number of thiophene rings is 1. The number of amides is 3. The van der Waals surface area contributed by atoms with E-state index in [9.17, 15) is 22.8 Å². The van der Waals surface area contributed by atoms with E-state index >= 15 is 0 Å². The highest BCUT2D eigenvalue weighted by molar-refractivity contribution is 7.89. The number of anilines is 1. The summed E-state index contributed by atoms with van der Waals surface area (Å²) in [6.45, 7) is 8.30. The molecule has 0 saturated carbocycles. The van der Waals surface area contributed by atoms with Gasteiger partial charge in [0.1, 0.15) is 5.00 Å². The van der Waals surface area contributed by atoms with Crippen LogP contribution in [0.15, 0.2) is 29.2 Å². The molecule has 3 aliphatic rings. The Morgan fingerprint density at radius 3 is 2.32 bits per heavy atom. The summed E-state index contributed by atoms with van der Waals surface area (Å²) in [4.78, 5) is 43.6. The molecule has 4 heterocycles. The third-order valence-corrected chi connectivity index (χ3v) is 10.5. The van der Waals surface area contributed by atoms with Gasteiger partial charge in [0.05, 0.1) is 35.8 Å². The van der Waals surface area contributed by atoms with Gasteiger partial charge in [-0.3, -0.25) is 9.59 Å². The minimum absolute atomic E-state index is 0.103. The Hall–Kier alpha value is -3.00. The van der Waals surface area contributed by atoms with Crippen molar-refractivity contribution in [2.75, 3.05) is 44.6 Å². The van der Waals surface area contributed by atoms with Crippen molar-refractivity contribution in [3.63, 3.8) is 0 Å². The van der Waals surface area contributed by atoms with E-state index < -0.39 is 22.0 Å². The molecule has 2 saturated heterocycles. The van der Waals surface area contributed by atoms with Crippen molar-refractivity contribution < 1.29 is 32.3 Å². The summed E-state index contributed by atoms with van der Waals surface area (Å²) < 4.78 is 38.7. The Morgan fingerprint density at radius 1 is 1.02 bits per heavy atom. The topological polar surface area (TPSA) is 126 Å². The van der Waals surface area contributed by atoms with Gasteiger partial charge in [-0.15, -0.1) is 11.3 Å². The number of nitrogens with zero attached hydrogens (tertiary/aromatic N) is 3. The van der Waals surface area contributed by atoms with E-state index in [1.165, 1.54) is 39.9 Å². The molecule has 0 radical (unpaired) electrons. The molecule has 0 bridgehead atoms. The maximum Gasteiger partial charge on any atom is 0.410 e. The van der Waals surface area contributed by atoms with Crippen molar-refractivity contribution >= 4 is 44.3 Å². The summed E-state index contributed by atoms with van der Waals surface area (Å²) in [6, 6.07) is 5.82. The van der Waals surface area contributed by atoms with Crippen LogP contribution in [0.25, 0.3) is 0 Å². The number of benzene rings is 1. The fraction of sp³-hybridized carbons (Fsp3) is 0.536. The van der Waals surface area contributed by atoms with Crippen molar-refractivity contribution in [1.82, 2.24) is 14.1 Å². The first-order valence-electron chi connectivity index (χ1n) is 14.0. The minimum atomic E-state index is -3.74. The zero-order chi connectivity index (χ0) is 29.3. The highest BCUT2D eigenvalue weighted by atomic mass is 32.2. The number of likely N-dealkylation sites (tertiary alicyclic amines) is 1. The number of sulfonamides is 1. The van der Waals surface area contributed by atoms with Gasteiger partial charge in [-0.1, -0.05) is 0 Å². The average molecular weight is 605 g/mol. The van der Waals surface area contributed by atoms with Gasteiger partial charge >= 0.3 is 6.09 Å². The molecule has 3 amide bonds. The lowest BCUT2D eigenvalue weighted by Gasteiger charge is -2.34. The first-order valence-corrected chi connectivity index (χ1v) is 16.3. The maximum absolute atomic E-state index is 13.6. The highest BCUT2D eigenvalue weighted by Crippen LogP contribution is 2.39. The minimum Gasteiger partial charge on any atom is -0.450 e. The molecule has 3 aliphatic heterocycles. The van der Waals surface area contributed by atoms with Crippen LogP contribution in [-0.4, -0.2) is 92.0 Å². The SMILES string of the molecule is CCOC(=O)N1CCc2c(sc(NC(=O)c3ccc(S(=O)(=O)N4CC(C)OC(C)C4)cc3)c2C(=O)N2CCCC2)C1. The number of fused-ring (bicyclic) bond motifs is 1. The Morgan fingerprint density at radius 2 is 1.68 bits per heavy atom. The van der Waals surface area contributed by atoms with Gasteiger partial charge in [0.25, 0.3) is 11.8 Å². The molecule has 11 nitrogen and oxygen atoms in total. The van der Waals surface area contributed by atoms with Crippen LogP contribution in [0.2, 0.25) is 0 Å². The largest absolute Gasteiger partial charge is 0.450 e. The molecule has 2 aromatic rings. The van der Waals surface area contributed by atoms with Gasteiger partial charge in [-0.2, -0.15) is 4.31 Å². The van der Waals surface area contributed by atoms with Crippen LogP contribution in [0.4, 0.5) is 9.80 Å². The van der Waals surface area contributed by atoms with Crippen LogP contribution in [0.1, 0.15) is 64.8 Å². The lowest BCUT2D eigenvalue weighted by atomic mass is 10.0. The molecule has 222 valence electrons. The second-order valence-corrected chi connectivity index (χ2v) is 13.7. The number of nitrogens with one attached hydrogen (secondary N) is 1. The Bertz CT molecular complexity index is 1410. The lowest BCUT2D eigenvalue weighted by molar-refractivity contribution is -0.0440. The molecule has 2 fully saturated rings. The van der Waals surface area contributed by atoms with E-state index in [-0.39, 0.29) is 48.3 Å². The number of morpholine rings is 1. The number of ether oxygens (including phenoxy) is 2. The van der Waals surface area contributed by atoms with Crippen molar-refractivity contribution in [2.24, 2.45) is 0 Å². The molecular formula is C28H36N4O7S2. The van der Waals surface area contributed by atoms with Gasteiger partial charge < -0.3 is 24.6 Å². The number of hydrogen-bond donors (Lipinski definition) is 1. The summed E-state index contributed by atoms with van der Waals surface area (Å²) in [5.41, 5.74) is 1.61. The molecule has 1 aromatic carbocycles. The Labute approximate surface area is 244 Å². The first kappa shape index (κ1) is 29.5. The van der Waals surface area contributed by atoms with Gasteiger partial charge in [0.2, 0.25) is 10.0 Å². The van der Waals surface area contributed by atoms with E-state index in [1.807, 2.05) is 18.7 Å². The van der Waals surface area contributed by atoms with Gasteiger partial charge in [-0.05, 0) is 69.9 Å². The second-order valence-electron chi connectivity index (χ2n) is 10.6. The van der Waals surface area contributed by atoms with Crippen LogP contribution in [0.5, 0.6) is 0 Å². The molecular weight excluding hydrogens is 568 g/mol. The zero-order valence-electron chi connectivity index (χ0n) is 23.6. The highest BCUT2D eigenvalue weighted by Gasteiger charge is 2.34. The molecule has 0 spiro atoms. The molecule has 1 aromatic heterocycles. The number of rotatable bonds is 6. The van der Waals surface area contributed by atoms with Crippen molar-refractivity contribution in [1.29, 1.82) is 0 Å². The van der Waals surface area contributed by atoms with E-state index in [4.69, 9.17) is 9.47 Å². The fourth-order valence-electron chi connectivity index (χ4n) is 5.60. The standard InChI is InChI=1S/C28H36N4O7S2/c1-4-38-28(35)31-14-11-22-23(17-31)40-26(24(22)27(34)30-12-5-6-13-30)29-25(33)20-7-9-21(10-8-20)41(36,37)32-15-18(2)39-19(3)16-32/h7-10,18-19H,4-6,11-17H2,1-3H3,(H,29,33). The van der Waals surface area contributed by atoms with Crippen LogP contribution in [-0.2, 0) is 32.5 Å². The summed E-state index contributed by atoms with van der Waals surface area (Å²) in [6.07, 6.45) is 1.54. The quantitative estimate of drug-likeness (QED) is 0.535. The molecule has 2 atom stereocenters. The van der Waals surface area contributed by atoms with Crippen molar-refractivity contribution in [3.05, 3.63) is 45.8 Å². The predicted molar refractivity (Wildman–Crippen MR) is 154 cm³/mol. The normalized spacial score (nSPS) is 21.4. The summed E-state index contributed by atoms with van der Waals surface area (Å²) in [5.74, 6) is -0.561. The van der Waals surface area contributed by atoms with Crippen LogP contribution < -0.4 is 5.32 Å². The van der Waals surface area contributed by atoms with Crippen molar-refractivity contribution in [2.45, 2.75) is 63.7 Å². The monoisotopic (exact) mass is 604 g/mol. The number of carbonyl (C=O) groups excluding carboxylic acids is 3. The first-order chi connectivity index (χ1) is 19.6. The van der Waals surface area contributed by atoms with Crippen LogP contribution in [0, 0.1) is 0 Å². The third-order valence-electron chi connectivity index (χ3n) is 7.56. The van der Waals surface area contributed by atoms with Crippen LogP contribution in [0.3, 0.4) is 0 Å². The number of carbonyl (C=O) groups is 3. The molecule has 41 heavy (non-hydrogen) atoms. The molecule has 13 heteroatoms. The Kier molecular flexibility index (Phi) is 8.69. The number of hydrogen-bond acceptors (Lipinski definition) is 8. The third kappa shape index (κ3) is 6.13. The molecule has 2 unspecified atom stereocenters. The Balaban J connectivity index is 1.37. The van der Waals surface area contributed by atoms with E-state index in [0.717, 1.165) is 23.3 Å². The predicted octanol–water partition coefficient (Wildman–Crippen LogP) is 3.55. The van der Waals surface area contributed by atoms with Crippen LogP contribution >= 0.6 is 11.3 Å². The average Bonchev–Trinajstić information content (AvgIpc) is 3.60. The zero-order valence-corrected chi connectivity index (χ0v) is 25.2. The molecule has 1 N–H and O–H groups in total. The van der Waals surface area contributed by atoms with E-state index in [0.29, 0.717) is 43.2 Å². The summed E-state index contributed by atoms with van der Waals surface area (Å²) in [7, 11) is -3.74. The maximum atomic E-state index is 13.6. The fourth-order valence-corrected chi connectivity index (χ4v) is 8.44. The summed E-state index contributed by atoms with van der Waals surface area (Å²) in [5, 5.41) is 3.35. The lowest BCUT2D eigenvalue weighted by Crippen LogP contribution is -2.48. The summed E-state index contributed by atoms with van der Waals surface area (Å²) >= 11 is 1.29. The van der Waals surface area contributed by atoms with Gasteiger partial charge in [-0.25, -0.2) is 13.2 Å². The molecule has 0 aliphatic carbocycles. The second kappa shape index (κ2) is 12.1. The smallest absolute Gasteiger partial charge is 0.410 e. The van der Waals surface area contributed by atoms with E-state index in [2.05, 4.69) is 5.32 Å². The van der Waals surface area contributed by atoms with E-state index in [1.54, 1.807) is 11.8 Å². The van der Waals surface area contributed by atoms with Gasteiger partial charge in [0, 0.05) is 43.2 Å². The van der Waals surface area contributed by atoms with Gasteiger partial charge in [0.15, 0.2) is 0 Å². The van der Waals surface area contributed by atoms with Crippen molar-refractivity contribution in [3.8, 4) is 0 Å².